The molecular formula is C12H17N3O3. The highest BCUT2D eigenvalue weighted by molar-refractivity contribution is 5.95. The van der Waals surface area contributed by atoms with Gasteiger partial charge in [-0.15, -0.1) is 0 Å². The molecule has 0 aliphatic rings. The van der Waals surface area contributed by atoms with Crippen LogP contribution in [0.1, 0.15) is 23.7 Å². The van der Waals surface area contributed by atoms with Gasteiger partial charge in [0.15, 0.2) is 0 Å². The Morgan fingerprint density at radius 2 is 2.06 bits per heavy atom. The van der Waals surface area contributed by atoms with E-state index in [2.05, 4.69) is 5.32 Å². The maximum Gasteiger partial charge on any atom is 0.251 e. The first kappa shape index (κ1) is 13.8. The number of hydrogen-bond acceptors (Lipinski definition) is 4. The van der Waals surface area contributed by atoms with Gasteiger partial charge in [-0.1, -0.05) is 0 Å². The first-order valence-corrected chi connectivity index (χ1v) is 5.62. The minimum absolute atomic E-state index is 0.104. The highest BCUT2D eigenvalue weighted by atomic mass is 16.5. The SMILES string of the molecule is CCOc1cc(N)cc(C(=O)NCCC(N)=O)c1. The van der Waals surface area contributed by atoms with Crippen LogP contribution in [0, 0.1) is 0 Å². The Balaban J connectivity index is 2.69. The molecule has 1 aromatic rings. The molecule has 1 aromatic carbocycles. The monoisotopic (exact) mass is 251 g/mol. The number of ether oxygens (including phenoxy) is 1. The van der Waals surface area contributed by atoms with Gasteiger partial charge < -0.3 is 21.5 Å². The Hall–Kier alpha value is -2.24. The van der Waals surface area contributed by atoms with Crippen LogP contribution >= 0.6 is 0 Å². The topological polar surface area (TPSA) is 107 Å². The van der Waals surface area contributed by atoms with E-state index in [1.165, 1.54) is 0 Å². The van der Waals surface area contributed by atoms with Gasteiger partial charge in [0.25, 0.3) is 5.91 Å². The van der Waals surface area contributed by atoms with E-state index in [0.717, 1.165) is 0 Å². The summed E-state index contributed by atoms with van der Waals surface area (Å²) >= 11 is 0. The van der Waals surface area contributed by atoms with Gasteiger partial charge in [-0.3, -0.25) is 9.59 Å². The fraction of sp³-hybridized carbons (Fsp3) is 0.333. The van der Waals surface area contributed by atoms with Gasteiger partial charge in [0.1, 0.15) is 5.75 Å². The quantitative estimate of drug-likeness (QED) is 0.631. The summed E-state index contributed by atoms with van der Waals surface area (Å²) < 4.78 is 5.29. The summed E-state index contributed by atoms with van der Waals surface area (Å²) in [4.78, 5) is 22.3. The van der Waals surface area contributed by atoms with Gasteiger partial charge in [-0.25, -0.2) is 0 Å². The van der Waals surface area contributed by atoms with Crippen molar-refractivity contribution in [2.75, 3.05) is 18.9 Å². The first-order valence-electron chi connectivity index (χ1n) is 5.62. The van der Waals surface area contributed by atoms with E-state index in [1.54, 1.807) is 18.2 Å². The highest BCUT2D eigenvalue weighted by Crippen LogP contribution is 2.18. The van der Waals surface area contributed by atoms with Crippen LogP contribution in [0.25, 0.3) is 0 Å². The number of benzene rings is 1. The second-order valence-electron chi connectivity index (χ2n) is 3.70. The largest absolute Gasteiger partial charge is 0.494 e. The van der Waals surface area contributed by atoms with E-state index >= 15 is 0 Å². The van der Waals surface area contributed by atoms with E-state index in [9.17, 15) is 9.59 Å². The third-order valence-electron chi connectivity index (χ3n) is 2.16. The highest BCUT2D eigenvalue weighted by Gasteiger charge is 2.08. The van der Waals surface area contributed by atoms with Crippen molar-refractivity contribution in [2.45, 2.75) is 13.3 Å². The Kier molecular flexibility index (Phi) is 4.98. The van der Waals surface area contributed by atoms with Gasteiger partial charge in [0.2, 0.25) is 5.91 Å². The van der Waals surface area contributed by atoms with E-state index in [1.807, 2.05) is 6.92 Å². The molecule has 2 amide bonds. The van der Waals surface area contributed by atoms with Crippen molar-refractivity contribution in [1.82, 2.24) is 5.32 Å². The lowest BCUT2D eigenvalue weighted by Crippen LogP contribution is -2.27. The maximum absolute atomic E-state index is 11.8. The Labute approximate surface area is 105 Å². The zero-order valence-electron chi connectivity index (χ0n) is 10.2. The molecule has 0 unspecified atom stereocenters. The molecular weight excluding hydrogens is 234 g/mol. The zero-order chi connectivity index (χ0) is 13.5. The molecule has 6 nitrogen and oxygen atoms in total. The number of nitrogens with one attached hydrogen (secondary N) is 1. The third-order valence-corrected chi connectivity index (χ3v) is 2.16. The molecule has 98 valence electrons. The predicted molar refractivity (Wildman–Crippen MR) is 68.2 cm³/mol. The molecule has 18 heavy (non-hydrogen) atoms. The summed E-state index contributed by atoms with van der Waals surface area (Å²) in [7, 11) is 0. The molecule has 5 N–H and O–H groups in total. The standard InChI is InChI=1S/C12H17N3O3/c1-2-18-10-6-8(5-9(13)7-10)12(17)15-4-3-11(14)16/h5-7H,2-4,13H2,1H3,(H2,14,16)(H,15,17). The smallest absolute Gasteiger partial charge is 0.251 e. The lowest BCUT2D eigenvalue weighted by molar-refractivity contribution is -0.117. The van der Waals surface area contributed by atoms with Gasteiger partial charge in [-0.2, -0.15) is 0 Å². The molecule has 0 radical (unpaired) electrons. The molecule has 6 heteroatoms. The lowest BCUT2D eigenvalue weighted by atomic mass is 10.1. The first-order chi connectivity index (χ1) is 8.52. The second kappa shape index (κ2) is 6.48. The number of nitrogens with two attached hydrogens (primary N) is 2. The Morgan fingerprint density at radius 3 is 2.67 bits per heavy atom. The van der Waals surface area contributed by atoms with Crippen LogP contribution in [-0.2, 0) is 4.79 Å². The maximum atomic E-state index is 11.8. The lowest BCUT2D eigenvalue weighted by Gasteiger charge is -2.08. The van der Waals surface area contributed by atoms with Gasteiger partial charge >= 0.3 is 0 Å². The van der Waals surface area contributed by atoms with Gasteiger partial charge in [0.05, 0.1) is 6.61 Å². The van der Waals surface area contributed by atoms with Crippen LogP contribution in [-0.4, -0.2) is 25.0 Å². The summed E-state index contributed by atoms with van der Waals surface area (Å²) in [6.45, 7) is 2.54. The summed E-state index contributed by atoms with van der Waals surface area (Å²) in [6, 6.07) is 4.78. The fourth-order valence-electron chi connectivity index (χ4n) is 1.40. The predicted octanol–water partition coefficient (Wildman–Crippen LogP) is 0.273. The van der Waals surface area contributed by atoms with E-state index < -0.39 is 5.91 Å². The fourth-order valence-corrected chi connectivity index (χ4v) is 1.40. The van der Waals surface area contributed by atoms with Crippen LogP contribution in [0.2, 0.25) is 0 Å². The molecule has 0 aromatic heterocycles. The summed E-state index contributed by atoms with van der Waals surface area (Å²) in [6.07, 6.45) is 0.104. The summed E-state index contributed by atoms with van der Waals surface area (Å²) in [5.41, 5.74) is 11.5. The number of primary amides is 1. The molecule has 0 saturated heterocycles. The van der Waals surface area contributed by atoms with Crippen molar-refractivity contribution in [2.24, 2.45) is 5.73 Å². The van der Waals surface area contributed by atoms with Crippen molar-refractivity contribution in [3.8, 4) is 5.75 Å². The molecule has 0 aliphatic heterocycles. The van der Waals surface area contributed by atoms with E-state index in [-0.39, 0.29) is 18.9 Å². The average Bonchev–Trinajstić information content (AvgIpc) is 2.28. The molecule has 0 spiro atoms. The second-order valence-corrected chi connectivity index (χ2v) is 3.70. The van der Waals surface area contributed by atoms with Gasteiger partial charge in [0, 0.05) is 30.3 Å². The number of carbonyl (C=O) groups is 2. The number of hydrogen-bond donors (Lipinski definition) is 3. The normalized spacial score (nSPS) is 9.83. The Bertz CT molecular complexity index is 446. The number of nitrogen functional groups attached to an aromatic ring is 1. The summed E-state index contributed by atoms with van der Waals surface area (Å²) in [5.74, 6) is -0.236. The minimum atomic E-state index is -0.460. The average molecular weight is 251 g/mol. The minimum Gasteiger partial charge on any atom is -0.494 e. The van der Waals surface area contributed by atoms with Crippen LogP contribution in [0.4, 0.5) is 5.69 Å². The summed E-state index contributed by atoms with van der Waals surface area (Å²) in [5, 5.41) is 2.58. The Morgan fingerprint density at radius 1 is 1.33 bits per heavy atom. The number of carbonyl (C=O) groups excluding carboxylic acids is 2. The van der Waals surface area contributed by atoms with Crippen LogP contribution < -0.4 is 21.5 Å². The van der Waals surface area contributed by atoms with E-state index in [0.29, 0.717) is 23.6 Å². The molecule has 0 aliphatic carbocycles. The molecule has 0 heterocycles. The van der Waals surface area contributed by atoms with Crippen molar-refractivity contribution < 1.29 is 14.3 Å². The van der Waals surface area contributed by atoms with Crippen molar-refractivity contribution >= 4 is 17.5 Å². The molecule has 1 rings (SSSR count). The van der Waals surface area contributed by atoms with Crippen LogP contribution in [0.15, 0.2) is 18.2 Å². The molecule has 0 bridgehead atoms. The molecule has 0 saturated carbocycles. The van der Waals surface area contributed by atoms with Crippen molar-refractivity contribution in [3.05, 3.63) is 23.8 Å². The molecule has 0 atom stereocenters. The third kappa shape index (κ3) is 4.32. The molecule has 0 fully saturated rings. The number of anilines is 1. The van der Waals surface area contributed by atoms with Crippen molar-refractivity contribution in [1.29, 1.82) is 0 Å². The van der Waals surface area contributed by atoms with Gasteiger partial charge in [-0.05, 0) is 19.1 Å². The van der Waals surface area contributed by atoms with Crippen LogP contribution in [0.5, 0.6) is 5.75 Å². The van der Waals surface area contributed by atoms with Crippen molar-refractivity contribution in [3.63, 3.8) is 0 Å². The van der Waals surface area contributed by atoms with E-state index in [4.69, 9.17) is 16.2 Å². The van der Waals surface area contributed by atoms with Crippen LogP contribution in [0.3, 0.4) is 0 Å². The zero-order valence-corrected chi connectivity index (χ0v) is 10.2. The number of amides is 2. The number of rotatable bonds is 6.